The third-order valence-electron chi connectivity index (χ3n) is 3.56. The highest BCUT2D eigenvalue weighted by Crippen LogP contribution is 2.23. The lowest BCUT2D eigenvalue weighted by molar-refractivity contribution is -0.128. The largest absolute Gasteiger partial charge is 0.342 e. The van der Waals surface area contributed by atoms with E-state index < -0.39 is 0 Å². The molecule has 22 heavy (non-hydrogen) atoms. The zero-order valence-corrected chi connectivity index (χ0v) is 13.0. The van der Waals surface area contributed by atoms with Crippen LogP contribution in [-0.4, -0.2) is 39.8 Å². The summed E-state index contributed by atoms with van der Waals surface area (Å²) in [7, 11) is 0. The first-order valence-electron chi connectivity index (χ1n) is 7.09. The van der Waals surface area contributed by atoms with E-state index in [4.69, 9.17) is 0 Å². The van der Waals surface area contributed by atoms with Gasteiger partial charge in [-0.3, -0.25) is 14.6 Å². The molecule has 2 aromatic heterocycles. The number of aromatic nitrogens is 2. The Morgan fingerprint density at radius 1 is 1.32 bits per heavy atom. The van der Waals surface area contributed by atoms with E-state index in [2.05, 4.69) is 15.3 Å². The third kappa shape index (κ3) is 3.14. The summed E-state index contributed by atoms with van der Waals surface area (Å²) in [6.45, 7) is 2.93. The lowest BCUT2D eigenvalue weighted by Gasteiger charge is -2.17. The number of pyridine rings is 1. The lowest BCUT2D eigenvalue weighted by Crippen LogP contribution is -2.31. The van der Waals surface area contributed by atoms with Crippen molar-refractivity contribution in [2.24, 2.45) is 0 Å². The summed E-state index contributed by atoms with van der Waals surface area (Å²) >= 11 is 1.41. The maximum atomic E-state index is 12.2. The molecule has 1 aliphatic heterocycles. The SMILES string of the molecule is CC(=O)N1CCc2nc(C(=O)Nc3cccnc3)sc2CC1. The summed E-state index contributed by atoms with van der Waals surface area (Å²) in [5.74, 6) is -0.126. The molecular weight excluding hydrogens is 300 g/mol. The van der Waals surface area contributed by atoms with Crippen LogP contribution in [0.2, 0.25) is 0 Å². The molecule has 0 saturated heterocycles. The molecule has 0 radical (unpaired) electrons. The van der Waals surface area contributed by atoms with Gasteiger partial charge in [0.1, 0.15) is 0 Å². The van der Waals surface area contributed by atoms with Crippen LogP contribution < -0.4 is 5.32 Å². The third-order valence-corrected chi connectivity index (χ3v) is 4.72. The molecule has 1 N–H and O–H groups in total. The van der Waals surface area contributed by atoms with Gasteiger partial charge in [-0.05, 0) is 12.1 Å². The van der Waals surface area contributed by atoms with Gasteiger partial charge >= 0.3 is 0 Å². The number of anilines is 1. The highest BCUT2D eigenvalue weighted by molar-refractivity contribution is 7.13. The van der Waals surface area contributed by atoms with Crippen molar-refractivity contribution >= 4 is 28.8 Å². The van der Waals surface area contributed by atoms with Crippen LogP contribution in [-0.2, 0) is 17.6 Å². The van der Waals surface area contributed by atoms with E-state index in [9.17, 15) is 9.59 Å². The number of rotatable bonds is 2. The fourth-order valence-electron chi connectivity index (χ4n) is 2.40. The molecule has 3 rings (SSSR count). The average Bonchev–Trinajstić information content (AvgIpc) is 2.81. The van der Waals surface area contributed by atoms with Crippen molar-refractivity contribution in [1.29, 1.82) is 0 Å². The normalized spacial score (nSPS) is 14.1. The number of carbonyl (C=O) groups excluding carboxylic acids is 2. The minimum Gasteiger partial charge on any atom is -0.342 e. The Kier molecular flexibility index (Phi) is 4.15. The van der Waals surface area contributed by atoms with E-state index in [1.54, 1.807) is 31.5 Å². The van der Waals surface area contributed by atoms with Crippen LogP contribution in [0.5, 0.6) is 0 Å². The van der Waals surface area contributed by atoms with Crippen molar-refractivity contribution in [2.75, 3.05) is 18.4 Å². The van der Waals surface area contributed by atoms with Gasteiger partial charge in [0.25, 0.3) is 5.91 Å². The number of fused-ring (bicyclic) bond motifs is 1. The molecule has 3 heterocycles. The summed E-state index contributed by atoms with van der Waals surface area (Å²) in [4.78, 5) is 35.0. The molecule has 0 aliphatic carbocycles. The van der Waals surface area contributed by atoms with Crippen LogP contribution in [0.4, 0.5) is 5.69 Å². The van der Waals surface area contributed by atoms with Crippen LogP contribution in [0.25, 0.3) is 0 Å². The van der Waals surface area contributed by atoms with E-state index in [1.807, 2.05) is 4.90 Å². The van der Waals surface area contributed by atoms with Crippen LogP contribution in [0.15, 0.2) is 24.5 Å². The van der Waals surface area contributed by atoms with Crippen LogP contribution >= 0.6 is 11.3 Å². The van der Waals surface area contributed by atoms with Crippen LogP contribution in [0.1, 0.15) is 27.3 Å². The highest BCUT2D eigenvalue weighted by Gasteiger charge is 2.21. The Balaban J connectivity index is 1.72. The number of amides is 2. The maximum Gasteiger partial charge on any atom is 0.284 e. The fraction of sp³-hybridized carbons (Fsp3) is 0.333. The number of carbonyl (C=O) groups is 2. The molecule has 0 aromatic carbocycles. The Hall–Kier alpha value is -2.28. The highest BCUT2D eigenvalue weighted by atomic mass is 32.1. The Morgan fingerprint density at radius 2 is 2.14 bits per heavy atom. The second-order valence-electron chi connectivity index (χ2n) is 5.09. The van der Waals surface area contributed by atoms with Crippen molar-refractivity contribution in [3.63, 3.8) is 0 Å². The summed E-state index contributed by atoms with van der Waals surface area (Å²) in [5, 5.41) is 3.26. The zero-order chi connectivity index (χ0) is 15.5. The van der Waals surface area contributed by atoms with Crippen molar-refractivity contribution in [3.05, 3.63) is 40.1 Å². The van der Waals surface area contributed by atoms with E-state index in [0.29, 0.717) is 30.2 Å². The Bertz CT molecular complexity index is 673. The Morgan fingerprint density at radius 3 is 2.86 bits per heavy atom. The van der Waals surface area contributed by atoms with E-state index in [-0.39, 0.29) is 11.8 Å². The summed E-state index contributed by atoms with van der Waals surface area (Å²) in [6.07, 6.45) is 4.71. The van der Waals surface area contributed by atoms with Gasteiger partial charge in [-0.1, -0.05) is 0 Å². The molecule has 0 fully saturated rings. The van der Waals surface area contributed by atoms with Gasteiger partial charge in [-0.25, -0.2) is 4.98 Å². The molecule has 1 aliphatic rings. The topological polar surface area (TPSA) is 75.2 Å². The number of hydrogen-bond acceptors (Lipinski definition) is 5. The van der Waals surface area contributed by atoms with Crippen molar-refractivity contribution in [3.8, 4) is 0 Å². The first-order chi connectivity index (χ1) is 10.6. The molecule has 0 spiro atoms. The first-order valence-corrected chi connectivity index (χ1v) is 7.90. The lowest BCUT2D eigenvalue weighted by atomic mass is 10.2. The number of nitrogens with one attached hydrogen (secondary N) is 1. The predicted molar refractivity (Wildman–Crippen MR) is 84.0 cm³/mol. The van der Waals surface area contributed by atoms with Crippen LogP contribution in [0.3, 0.4) is 0 Å². The van der Waals surface area contributed by atoms with Crippen molar-refractivity contribution in [1.82, 2.24) is 14.9 Å². The Labute approximate surface area is 132 Å². The minimum atomic E-state index is -0.213. The van der Waals surface area contributed by atoms with Gasteiger partial charge in [-0.2, -0.15) is 0 Å². The van der Waals surface area contributed by atoms with E-state index >= 15 is 0 Å². The molecule has 114 valence electrons. The monoisotopic (exact) mass is 316 g/mol. The van der Waals surface area contributed by atoms with Gasteiger partial charge in [0.2, 0.25) is 5.91 Å². The first kappa shape index (κ1) is 14.6. The quantitative estimate of drug-likeness (QED) is 0.915. The second kappa shape index (κ2) is 6.23. The molecule has 6 nitrogen and oxygen atoms in total. The van der Waals surface area contributed by atoms with Gasteiger partial charge in [-0.15, -0.1) is 11.3 Å². The minimum absolute atomic E-state index is 0.0877. The van der Waals surface area contributed by atoms with E-state index in [0.717, 1.165) is 17.0 Å². The van der Waals surface area contributed by atoms with Crippen molar-refractivity contribution in [2.45, 2.75) is 19.8 Å². The molecular formula is C15H16N4O2S. The number of thiazole rings is 1. The van der Waals surface area contributed by atoms with Gasteiger partial charge in [0.15, 0.2) is 5.01 Å². The second-order valence-corrected chi connectivity index (χ2v) is 6.17. The molecule has 0 saturated carbocycles. The standard InChI is InChI=1S/C15H16N4O2S/c1-10(20)19-7-4-12-13(5-8-19)22-15(18-12)14(21)17-11-3-2-6-16-9-11/h2-3,6,9H,4-5,7-8H2,1H3,(H,17,21). The smallest absolute Gasteiger partial charge is 0.284 e. The summed E-state index contributed by atoms with van der Waals surface area (Å²) in [6, 6.07) is 3.55. The predicted octanol–water partition coefficient (Wildman–Crippen LogP) is 1.74. The maximum absolute atomic E-state index is 12.2. The molecule has 0 atom stereocenters. The molecule has 7 heteroatoms. The zero-order valence-electron chi connectivity index (χ0n) is 12.2. The van der Waals surface area contributed by atoms with Gasteiger partial charge in [0, 0.05) is 43.9 Å². The van der Waals surface area contributed by atoms with Crippen LogP contribution in [0, 0.1) is 0 Å². The number of hydrogen-bond donors (Lipinski definition) is 1. The molecule has 0 unspecified atom stereocenters. The van der Waals surface area contributed by atoms with Gasteiger partial charge < -0.3 is 10.2 Å². The fourth-order valence-corrected chi connectivity index (χ4v) is 3.39. The van der Waals surface area contributed by atoms with Crippen molar-refractivity contribution < 1.29 is 9.59 Å². The van der Waals surface area contributed by atoms with E-state index in [1.165, 1.54) is 11.3 Å². The number of nitrogens with zero attached hydrogens (tertiary/aromatic N) is 3. The molecule has 0 bridgehead atoms. The molecule has 2 amide bonds. The average molecular weight is 316 g/mol. The summed E-state index contributed by atoms with van der Waals surface area (Å²) in [5.41, 5.74) is 1.59. The summed E-state index contributed by atoms with van der Waals surface area (Å²) < 4.78 is 0. The van der Waals surface area contributed by atoms with Gasteiger partial charge in [0.05, 0.1) is 17.6 Å². The molecule has 2 aromatic rings.